The summed E-state index contributed by atoms with van der Waals surface area (Å²) < 4.78 is 36.6. The summed E-state index contributed by atoms with van der Waals surface area (Å²) in [5.41, 5.74) is 12.2. The highest BCUT2D eigenvalue weighted by atomic mass is 32.2. The standard InChI is InChI=1S/C42H47FN8O5S.CH5N/c1-26(2)56-39-38(32(22-44)23-45)48-25-51(47-5)40(39)49-36-14-13-34(21-35(36)43)57(55)33-8-6-7-27(20-33)17-28-18-31(19-28)29-9-11-30(12-10-29)41(54)50-42(3,24-52)16-15-37(53)46-4;1-2/h6-14,20-26,28,31,44H,5,15-19,45H2,1-4H3,(H,46,53)(H,50,54);2H2,1H3/b32-23+,44-22?,49-40?;. The summed E-state index contributed by atoms with van der Waals surface area (Å²) in [6.45, 7) is 8.74. The maximum atomic E-state index is 15.7. The van der Waals surface area contributed by atoms with Gasteiger partial charge in [0.1, 0.15) is 29.8 Å². The van der Waals surface area contributed by atoms with Gasteiger partial charge in [0.25, 0.3) is 5.91 Å². The maximum absolute atomic E-state index is 15.7. The molecule has 16 heteroatoms. The Balaban J connectivity index is 0.00000378. The Morgan fingerprint density at radius 3 is 2.42 bits per heavy atom. The predicted octanol–water partition coefficient (Wildman–Crippen LogP) is 5.15. The van der Waals surface area contributed by atoms with E-state index in [0.717, 1.165) is 36.6 Å². The molecule has 1 aliphatic rings. The van der Waals surface area contributed by atoms with E-state index in [1.54, 1.807) is 45.0 Å². The lowest BCUT2D eigenvalue weighted by Gasteiger charge is -2.36. The van der Waals surface area contributed by atoms with E-state index in [9.17, 15) is 18.6 Å². The van der Waals surface area contributed by atoms with Gasteiger partial charge in [-0.05, 0) is 119 Å². The zero-order valence-electron chi connectivity index (χ0n) is 33.9. The van der Waals surface area contributed by atoms with Gasteiger partial charge in [-0.25, -0.2) is 23.3 Å². The van der Waals surface area contributed by atoms with Crippen molar-refractivity contribution in [3.63, 3.8) is 0 Å². The molecule has 0 saturated heterocycles. The molecule has 312 valence electrons. The number of allylic oxidation sites excluding steroid dienone is 1. The minimum Gasteiger partial charge on any atom is -0.485 e. The number of benzene rings is 3. The number of carbonyl (C=O) groups is 3. The van der Waals surface area contributed by atoms with E-state index in [4.69, 9.17) is 15.9 Å². The van der Waals surface area contributed by atoms with Gasteiger partial charge in [-0.15, -0.1) is 0 Å². The van der Waals surface area contributed by atoms with Gasteiger partial charge in [-0.1, -0.05) is 24.3 Å². The fourth-order valence-corrected chi connectivity index (χ4v) is 7.65. The van der Waals surface area contributed by atoms with Crippen LogP contribution in [-0.4, -0.2) is 70.6 Å². The SMILES string of the molecule is C=Nn1cnc(/C(C=N)=C/N)c(OC(C)C)c1=Nc1ccc(S(=O)c2cccc(CC3CC(c4ccc(C(=O)NC(C)(C=O)CCC(=O)NC)cc4)C3)c2)cc1F.CN. The van der Waals surface area contributed by atoms with Crippen molar-refractivity contribution in [3.05, 3.63) is 113 Å². The second kappa shape index (κ2) is 21.0. The van der Waals surface area contributed by atoms with E-state index in [2.05, 4.69) is 38.2 Å². The van der Waals surface area contributed by atoms with Crippen LogP contribution in [0.15, 0.2) is 99.1 Å². The van der Waals surface area contributed by atoms with Gasteiger partial charge in [-0.3, -0.25) is 9.59 Å². The number of aldehydes is 1. The molecule has 4 aromatic rings. The number of rotatable bonds is 17. The van der Waals surface area contributed by atoms with Crippen LogP contribution in [0, 0.1) is 17.1 Å². The number of ether oxygens (including phenoxy) is 1. The van der Waals surface area contributed by atoms with Crippen LogP contribution in [0.1, 0.15) is 79.6 Å². The van der Waals surface area contributed by atoms with Gasteiger partial charge in [0.2, 0.25) is 11.4 Å². The van der Waals surface area contributed by atoms with Gasteiger partial charge in [-0.2, -0.15) is 5.10 Å². The highest BCUT2D eigenvalue weighted by molar-refractivity contribution is 7.85. The lowest BCUT2D eigenvalue weighted by molar-refractivity contribution is -0.121. The molecule has 2 amide bonds. The summed E-state index contributed by atoms with van der Waals surface area (Å²) in [4.78, 5) is 45.9. The monoisotopic (exact) mass is 825 g/mol. The number of amides is 2. The maximum Gasteiger partial charge on any atom is 0.252 e. The zero-order chi connectivity index (χ0) is 43.3. The molecule has 7 N–H and O–H groups in total. The highest BCUT2D eigenvalue weighted by Gasteiger charge is 2.31. The Morgan fingerprint density at radius 1 is 1.14 bits per heavy atom. The van der Waals surface area contributed by atoms with Crippen molar-refractivity contribution < 1.29 is 27.7 Å². The average molecular weight is 826 g/mol. The Hall–Kier alpha value is -6.13. The van der Waals surface area contributed by atoms with Gasteiger partial charge >= 0.3 is 0 Å². The van der Waals surface area contributed by atoms with E-state index in [1.165, 1.54) is 43.4 Å². The smallest absolute Gasteiger partial charge is 0.252 e. The summed E-state index contributed by atoms with van der Waals surface area (Å²) in [7, 11) is 1.35. The fourth-order valence-electron chi connectivity index (χ4n) is 6.51. The first-order chi connectivity index (χ1) is 28.3. The molecule has 1 aliphatic carbocycles. The molecule has 5 rings (SSSR count). The third-order valence-corrected chi connectivity index (χ3v) is 11.1. The van der Waals surface area contributed by atoms with E-state index in [0.29, 0.717) is 28.6 Å². The van der Waals surface area contributed by atoms with Gasteiger partial charge in [0, 0.05) is 53.5 Å². The largest absolute Gasteiger partial charge is 0.485 e. The van der Waals surface area contributed by atoms with Crippen LogP contribution in [0.25, 0.3) is 5.57 Å². The molecule has 0 spiro atoms. The lowest BCUT2D eigenvalue weighted by atomic mass is 9.69. The van der Waals surface area contributed by atoms with Crippen molar-refractivity contribution in [2.24, 2.45) is 27.5 Å². The molecule has 1 heterocycles. The second-order valence-corrected chi connectivity index (χ2v) is 15.8. The first-order valence-electron chi connectivity index (χ1n) is 19.0. The number of hydrogen-bond donors (Lipinski definition) is 5. The Bertz CT molecular complexity index is 2290. The van der Waals surface area contributed by atoms with Gasteiger partial charge < -0.3 is 37.0 Å². The number of nitrogens with two attached hydrogens (primary N) is 2. The van der Waals surface area contributed by atoms with Crippen LogP contribution in [0.3, 0.4) is 0 Å². The molecule has 1 saturated carbocycles. The molecule has 59 heavy (non-hydrogen) atoms. The fraction of sp³-hybridized carbons (Fsp3) is 0.326. The predicted molar refractivity (Wildman–Crippen MR) is 228 cm³/mol. The molecular formula is C43H52FN9O5S. The van der Waals surface area contributed by atoms with Crippen LogP contribution in [-0.2, 0) is 26.8 Å². The Kier molecular flexibility index (Phi) is 16.3. The van der Waals surface area contributed by atoms with Crippen molar-refractivity contribution in [2.75, 3.05) is 14.1 Å². The highest BCUT2D eigenvalue weighted by Crippen LogP contribution is 2.43. The molecule has 3 aromatic carbocycles. The van der Waals surface area contributed by atoms with Crippen molar-refractivity contribution in [1.82, 2.24) is 20.3 Å². The van der Waals surface area contributed by atoms with Crippen LogP contribution in [0.4, 0.5) is 10.1 Å². The first kappa shape index (κ1) is 45.6. The summed E-state index contributed by atoms with van der Waals surface area (Å²) in [5, 5.41) is 16.9. The minimum absolute atomic E-state index is 0.0615. The minimum atomic E-state index is -1.67. The molecule has 2 unspecified atom stereocenters. The van der Waals surface area contributed by atoms with Crippen molar-refractivity contribution in [1.29, 1.82) is 5.41 Å². The van der Waals surface area contributed by atoms with Crippen LogP contribution < -0.4 is 32.3 Å². The van der Waals surface area contributed by atoms with Crippen molar-refractivity contribution >= 4 is 53.1 Å². The van der Waals surface area contributed by atoms with Crippen molar-refractivity contribution in [3.8, 4) is 5.75 Å². The van der Waals surface area contributed by atoms with E-state index in [-0.39, 0.29) is 63.8 Å². The number of nitrogens with zero attached hydrogens (tertiary/aromatic N) is 4. The molecule has 14 nitrogen and oxygen atoms in total. The Morgan fingerprint density at radius 2 is 1.83 bits per heavy atom. The number of halogens is 1. The average Bonchev–Trinajstić information content (AvgIpc) is 3.23. The molecule has 0 bridgehead atoms. The molecule has 2 atom stereocenters. The second-order valence-electron chi connectivity index (χ2n) is 14.3. The van der Waals surface area contributed by atoms with Crippen LogP contribution in [0.2, 0.25) is 0 Å². The van der Waals surface area contributed by atoms with Crippen molar-refractivity contribution in [2.45, 2.75) is 80.2 Å². The van der Waals surface area contributed by atoms with Gasteiger partial charge in [0.05, 0.1) is 22.4 Å². The molecule has 0 aliphatic heterocycles. The van der Waals surface area contributed by atoms with E-state index < -0.39 is 22.2 Å². The van der Waals surface area contributed by atoms with E-state index in [1.807, 2.05) is 30.3 Å². The first-order valence-corrected chi connectivity index (χ1v) is 20.2. The van der Waals surface area contributed by atoms with Gasteiger partial charge in [0.15, 0.2) is 5.75 Å². The summed E-state index contributed by atoms with van der Waals surface area (Å²) >= 11 is 0. The zero-order valence-corrected chi connectivity index (χ0v) is 34.7. The summed E-state index contributed by atoms with van der Waals surface area (Å²) in [6, 6.07) is 19.1. The Labute approximate surface area is 346 Å². The number of hydrogen-bond acceptors (Lipinski definition) is 11. The molecule has 0 radical (unpaired) electrons. The summed E-state index contributed by atoms with van der Waals surface area (Å²) in [6.07, 6.45) is 6.87. The van der Waals surface area contributed by atoms with E-state index >= 15 is 4.39 Å². The third kappa shape index (κ3) is 11.5. The number of carbonyl (C=O) groups excluding carboxylic acids is 3. The van der Waals surface area contributed by atoms with Crippen LogP contribution in [0.5, 0.6) is 5.75 Å². The normalized spacial score (nSPS) is 16.7. The quantitative estimate of drug-likeness (QED) is 0.0707. The molecular weight excluding hydrogens is 774 g/mol. The molecule has 1 fully saturated rings. The number of nitrogens with one attached hydrogen (secondary N) is 3. The third-order valence-electron chi connectivity index (χ3n) is 9.73. The van der Waals surface area contributed by atoms with Crippen LogP contribution >= 0.6 is 0 Å². The lowest BCUT2D eigenvalue weighted by Crippen LogP contribution is -2.48. The topological polar surface area (TPSA) is 220 Å². The summed E-state index contributed by atoms with van der Waals surface area (Å²) in [5.74, 6) is -0.418. The number of aromatic nitrogens is 2. The molecule has 1 aromatic heterocycles.